The fourth-order valence-electron chi connectivity index (χ4n) is 7.65. The van der Waals surface area contributed by atoms with Crippen LogP contribution in [0.1, 0.15) is 111 Å². The van der Waals surface area contributed by atoms with E-state index in [1.165, 1.54) is 0 Å². The largest absolute Gasteiger partial charge is 0.462 e. The van der Waals surface area contributed by atoms with Crippen LogP contribution in [0.4, 0.5) is 0 Å². The van der Waals surface area contributed by atoms with E-state index in [0.29, 0.717) is 24.3 Å². The second-order valence-electron chi connectivity index (χ2n) is 16.5. The van der Waals surface area contributed by atoms with Crippen molar-refractivity contribution in [3.8, 4) is 45.9 Å². The van der Waals surface area contributed by atoms with Gasteiger partial charge >= 0.3 is 11.9 Å². The summed E-state index contributed by atoms with van der Waals surface area (Å²) in [4.78, 5) is 30.9. The first kappa shape index (κ1) is 48.5. The maximum Gasteiger partial charge on any atom is 0.338 e. The van der Waals surface area contributed by atoms with E-state index in [1.807, 2.05) is 84.9 Å². The molecular formula is C63H56N2O4. The van der Waals surface area contributed by atoms with Gasteiger partial charge in [0.25, 0.3) is 0 Å². The van der Waals surface area contributed by atoms with Crippen LogP contribution in [-0.2, 0) is 9.47 Å². The van der Waals surface area contributed by atoms with Crippen LogP contribution in [0.3, 0.4) is 0 Å². The fraction of sp³-hybridized carbons (Fsp3) is 0.159. The van der Waals surface area contributed by atoms with Crippen LogP contribution < -0.4 is 5.32 Å². The van der Waals surface area contributed by atoms with E-state index in [2.05, 4.69) is 135 Å². The SMILES string of the molecule is C=CCCCOC(=O)c1cccc(C#Cc2ccc(-c3cccc(-c4ccc(C#Cc5cccc(C(=O)OCCCC=C)c5)cc4)c3C(=NC(C)c3ccccc3)NC(C)c3ccccc3)cc2)c1. The molecule has 6 heteroatoms. The summed E-state index contributed by atoms with van der Waals surface area (Å²) in [6.07, 6.45) is 6.68. The van der Waals surface area contributed by atoms with Crippen molar-refractivity contribution in [1.29, 1.82) is 0 Å². The Morgan fingerprint density at radius 2 is 0.971 bits per heavy atom. The van der Waals surface area contributed by atoms with E-state index in [-0.39, 0.29) is 24.0 Å². The monoisotopic (exact) mass is 904 g/mol. The number of carbonyl (C=O) groups is 2. The molecule has 2 atom stereocenters. The van der Waals surface area contributed by atoms with Gasteiger partial charge in [0.05, 0.1) is 30.4 Å². The molecule has 0 saturated carbocycles. The summed E-state index contributed by atoms with van der Waals surface area (Å²) in [6.45, 7) is 12.4. The molecule has 7 aromatic rings. The molecule has 342 valence electrons. The highest BCUT2D eigenvalue weighted by atomic mass is 16.5. The number of amidine groups is 1. The number of hydrogen-bond donors (Lipinski definition) is 1. The number of esters is 2. The van der Waals surface area contributed by atoms with Crippen molar-refractivity contribution in [2.45, 2.75) is 51.6 Å². The second kappa shape index (κ2) is 24.9. The maximum atomic E-state index is 12.7. The van der Waals surface area contributed by atoms with Crippen molar-refractivity contribution in [3.05, 3.63) is 251 Å². The van der Waals surface area contributed by atoms with Crippen LogP contribution in [0.25, 0.3) is 22.3 Å². The van der Waals surface area contributed by atoms with Crippen LogP contribution in [0.15, 0.2) is 206 Å². The lowest BCUT2D eigenvalue weighted by Crippen LogP contribution is -2.29. The van der Waals surface area contributed by atoms with Crippen molar-refractivity contribution in [3.63, 3.8) is 0 Å². The number of nitrogens with zero attached hydrogens (tertiary/aromatic N) is 1. The number of carbonyl (C=O) groups excluding carboxylic acids is 2. The molecule has 0 aliphatic heterocycles. The lowest BCUT2D eigenvalue weighted by Gasteiger charge is -2.24. The highest BCUT2D eigenvalue weighted by Gasteiger charge is 2.21. The molecule has 0 fully saturated rings. The Balaban J connectivity index is 1.24. The summed E-state index contributed by atoms with van der Waals surface area (Å²) in [7, 11) is 0. The molecular weight excluding hydrogens is 849 g/mol. The number of unbranched alkanes of at least 4 members (excludes halogenated alkanes) is 2. The lowest BCUT2D eigenvalue weighted by atomic mass is 9.89. The summed E-state index contributed by atoms with van der Waals surface area (Å²) < 4.78 is 10.9. The highest BCUT2D eigenvalue weighted by Crippen LogP contribution is 2.35. The zero-order valence-electron chi connectivity index (χ0n) is 39.3. The van der Waals surface area contributed by atoms with Gasteiger partial charge in [-0.1, -0.05) is 151 Å². The van der Waals surface area contributed by atoms with Gasteiger partial charge in [-0.15, -0.1) is 13.2 Å². The number of nitrogens with one attached hydrogen (secondary N) is 1. The Bertz CT molecular complexity index is 2870. The lowest BCUT2D eigenvalue weighted by molar-refractivity contribution is 0.0492. The van der Waals surface area contributed by atoms with Gasteiger partial charge in [-0.3, -0.25) is 4.99 Å². The van der Waals surface area contributed by atoms with Crippen LogP contribution in [0.2, 0.25) is 0 Å². The van der Waals surface area contributed by atoms with Crippen molar-refractivity contribution < 1.29 is 19.1 Å². The van der Waals surface area contributed by atoms with Crippen molar-refractivity contribution in [1.82, 2.24) is 5.32 Å². The summed E-state index contributed by atoms with van der Waals surface area (Å²) in [5.41, 5.74) is 11.2. The third kappa shape index (κ3) is 13.8. The van der Waals surface area contributed by atoms with Crippen LogP contribution in [0.5, 0.6) is 0 Å². The average molecular weight is 905 g/mol. The number of aliphatic imine (C=N–C) groups is 1. The predicted octanol–water partition coefficient (Wildman–Crippen LogP) is 13.9. The van der Waals surface area contributed by atoms with Crippen LogP contribution in [-0.4, -0.2) is 31.0 Å². The normalized spacial score (nSPS) is 11.7. The topological polar surface area (TPSA) is 77.0 Å². The number of benzene rings is 7. The number of ether oxygens (including phenoxy) is 2. The molecule has 2 unspecified atom stereocenters. The molecule has 7 aromatic carbocycles. The minimum Gasteiger partial charge on any atom is -0.462 e. The predicted molar refractivity (Wildman–Crippen MR) is 281 cm³/mol. The van der Waals surface area contributed by atoms with E-state index in [1.54, 1.807) is 24.3 Å². The molecule has 7 rings (SSSR count). The standard InChI is InChI=1S/C63H56N2O4/c1-5-7-15-42-68-62(66)56-26-17-20-50(44-56)32-30-48-34-38-54(39-35-48)58-28-19-29-59(60(58)61(64-46(3)52-22-11-9-12-23-52)65-47(4)53-24-13-10-14-25-53)55-40-36-49(37-41-55)31-33-51-21-18-27-57(45-51)63(67)69-43-16-8-6-2/h5-6,9-14,17-29,34-41,44-47H,1-2,7-8,15-16,42-43H2,3-4H3,(H,64,65). The van der Waals surface area contributed by atoms with Crippen molar-refractivity contribution in [2.24, 2.45) is 4.99 Å². The summed E-state index contributed by atoms with van der Waals surface area (Å²) >= 11 is 0. The van der Waals surface area contributed by atoms with Crippen molar-refractivity contribution >= 4 is 17.8 Å². The second-order valence-corrected chi connectivity index (χ2v) is 16.5. The zero-order valence-corrected chi connectivity index (χ0v) is 39.3. The summed E-state index contributed by atoms with van der Waals surface area (Å²) in [5.74, 6) is 13.1. The van der Waals surface area contributed by atoms with E-state index in [9.17, 15) is 9.59 Å². The Hall–Kier alpha value is -8.45. The van der Waals surface area contributed by atoms with Crippen molar-refractivity contribution in [2.75, 3.05) is 13.2 Å². The highest BCUT2D eigenvalue weighted by molar-refractivity contribution is 6.10. The molecule has 0 aromatic heterocycles. The molecule has 1 N–H and O–H groups in total. The molecule has 69 heavy (non-hydrogen) atoms. The molecule has 0 heterocycles. The molecule has 0 radical (unpaired) electrons. The van der Waals surface area contributed by atoms with Crippen LogP contribution >= 0.6 is 0 Å². The average Bonchev–Trinajstić information content (AvgIpc) is 3.40. The smallest absolute Gasteiger partial charge is 0.338 e. The zero-order chi connectivity index (χ0) is 48.2. The Morgan fingerprint density at radius 1 is 0.536 bits per heavy atom. The van der Waals surface area contributed by atoms with Gasteiger partial charge in [0.2, 0.25) is 0 Å². The van der Waals surface area contributed by atoms with Gasteiger partial charge in [0.1, 0.15) is 5.84 Å². The van der Waals surface area contributed by atoms with E-state index in [0.717, 1.165) is 92.7 Å². The van der Waals surface area contributed by atoms with Crippen LogP contribution in [0, 0.1) is 23.7 Å². The number of rotatable bonds is 17. The summed E-state index contributed by atoms with van der Waals surface area (Å²) in [6, 6.07) is 57.8. The fourth-order valence-corrected chi connectivity index (χ4v) is 7.65. The third-order valence-electron chi connectivity index (χ3n) is 11.4. The third-order valence-corrected chi connectivity index (χ3v) is 11.4. The first-order chi connectivity index (χ1) is 33.8. The van der Waals surface area contributed by atoms with E-state index >= 15 is 0 Å². The van der Waals surface area contributed by atoms with Gasteiger partial charge in [0.15, 0.2) is 0 Å². The molecule has 6 nitrogen and oxygen atoms in total. The Labute approximate surface area is 407 Å². The molecule has 0 amide bonds. The van der Waals surface area contributed by atoms with E-state index in [4.69, 9.17) is 14.5 Å². The summed E-state index contributed by atoms with van der Waals surface area (Å²) in [5, 5.41) is 3.86. The molecule has 0 aliphatic carbocycles. The van der Waals surface area contributed by atoms with Gasteiger partial charge < -0.3 is 14.8 Å². The maximum absolute atomic E-state index is 12.7. The molecule has 0 spiro atoms. The first-order valence-corrected chi connectivity index (χ1v) is 23.4. The van der Waals surface area contributed by atoms with E-state index < -0.39 is 0 Å². The Kier molecular flexibility index (Phi) is 17.5. The van der Waals surface area contributed by atoms with Gasteiger partial charge in [0, 0.05) is 33.9 Å². The molecule has 0 saturated heterocycles. The Morgan fingerprint density at radius 3 is 1.43 bits per heavy atom. The number of allylic oxidation sites excluding steroid dienone is 2. The van der Waals surface area contributed by atoms with Gasteiger partial charge in [-0.2, -0.15) is 0 Å². The minimum atomic E-state index is -0.363. The minimum absolute atomic E-state index is 0.0700. The molecule has 0 aliphatic rings. The van der Waals surface area contributed by atoms with Gasteiger partial charge in [-0.05, 0) is 134 Å². The quantitative estimate of drug-likeness (QED) is 0.0246. The first-order valence-electron chi connectivity index (χ1n) is 23.4. The molecule has 0 bridgehead atoms. The number of hydrogen-bond acceptors (Lipinski definition) is 5. The van der Waals surface area contributed by atoms with Gasteiger partial charge in [-0.25, -0.2) is 9.59 Å².